The van der Waals surface area contributed by atoms with Crippen LogP contribution < -0.4 is 5.32 Å². The van der Waals surface area contributed by atoms with Gasteiger partial charge in [0.25, 0.3) is 0 Å². The molecule has 5 nitrogen and oxygen atoms in total. The Hall–Kier alpha value is -2.82. The van der Waals surface area contributed by atoms with Gasteiger partial charge in [-0.05, 0) is 49.7 Å². The van der Waals surface area contributed by atoms with E-state index >= 15 is 0 Å². The number of amides is 1. The molecule has 1 atom stereocenters. The third kappa shape index (κ3) is 3.93. The Balaban J connectivity index is 1.59. The second-order valence-electron chi connectivity index (χ2n) is 5.94. The maximum absolute atomic E-state index is 12.2. The highest BCUT2D eigenvalue weighted by molar-refractivity contribution is 5.76. The fraction of sp³-hybridized carbons (Fsp3) is 0.263. The van der Waals surface area contributed by atoms with Crippen molar-refractivity contribution >= 4 is 5.91 Å². The van der Waals surface area contributed by atoms with Crippen molar-refractivity contribution in [3.63, 3.8) is 0 Å². The molecule has 0 spiro atoms. The molecule has 1 amide bonds. The van der Waals surface area contributed by atoms with Crippen LogP contribution in [0.1, 0.15) is 30.6 Å². The number of nitrogens with zero attached hydrogens (tertiary/aromatic N) is 3. The largest absolute Gasteiger partial charge is 0.350 e. The summed E-state index contributed by atoms with van der Waals surface area (Å²) in [5, 5.41) is 7.35. The molecule has 1 N–H and O–H groups in total. The Morgan fingerprint density at radius 1 is 1.17 bits per heavy atom. The second kappa shape index (κ2) is 7.17. The summed E-state index contributed by atoms with van der Waals surface area (Å²) >= 11 is 0. The number of carbonyl (C=O) groups is 1. The molecule has 3 aromatic rings. The summed E-state index contributed by atoms with van der Waals surface area (Å²) in [5.41, 5.74) is 3.14. The molecule has 0 aliphatic rings. The van der Waals surface area contributed by atoms with E-state index in [0.29, 0.717) is 13.0 Å². The van der Waals surface area contributed by atoms with Gasteiger partial charge in [-0.3, -0.25) is 9.48 Å². The van der Waals surface area contributed by atoms with Gasteiger partial charge in [0.2, 0.25) is 5.91 Å². The van der Waals surface area contributed by atoms with Gasteiger partial charge in [0.15, 0.2) is 0 Å². The molecule has 0 bridgehead atoms. The highest BCUT2D eigenvalue weighted by Crippen LogP contribution is 2.17. The van der Waals surface area contributed by atoms with Crippen molar-refractivity contribution in [2.45, 2.75) is 32.9 Å². The molecule has 124 valence electrons. The van der Waals surface area contributed by atoms with E-state index in [1.54, 1.807) is 4.68 Å². The SMILES string of the molecule is Cc1ccn(CCC(=O)NC(C)c2cccc(-n3cccc3)c2)n1. The minimum atomic E-state index is -0.0348. The van der Waals surface area contributed by atoms with E-state index in [1.807, 2.05) is 62.8 Å². The molecule has 0 aliphatic carbocycles. The molecule has 24 heavy (non-hydrogen) atoms. The van der Waals surface area contributed by atoms with Crippen molar-refractivity contribution in [1.82, 2.24) is 19.7 Å². The zero-order valence-corrected chi connectivity index (χ0v) is 14.0. The predicted molar refractivity (Wildman–Crippen MR) is 93.9 cm³/mol. The van der Waals surface area contributed by atoms with Crippen LogP contribution in [0, 0.1) is 6.92 Å². The van der Waals surface area contributed by atoms with Gasteiger partial charge >= 0.3 is 0 Å². The van der Waals surface area contributed by atoms with Gasteiger partial charge in [0.1, 0.15) is 0 Å². The van der Waals surface area contributed by atoms with Crippen LogP contribution in [0.3, 0.4) is 0 Å². The van der Waals surface area contributed by atoms with Gasteiger partial charge in [-0.1, -0.05) is 12.1 Å². The first-order chi connectivity index (χ1) is 11.6. The van der Waals surface area contributed by atoms with Crippen LogP contribution in [0.15, 0.2) is 61.1 Å². The number of benzene rings is 1. The zero-order valence-electron chi connectivity index (χ0n) is 14.0. The lowest BCUT2D eigenvalue weighted by Gasteiger charge is -2.16. The minimum Gasteiger partial charge on any atom is -0.350 e. The molecule has 0 saturated heterocycles. The van der Waals surface area contributed by atoms with E-state index in [-0.39, 0.29) is 11.9 Å². The molecular formula is C19H22N4O. The Kier molecular flexibility index (Phi) is 4.79. The van der Waals surface area contributed by atoms with Crippen molar-refractivity contribution in [1.29, 1.82) is 0 Å². The summed E-state index contributed by atoms with van der Waals surface area (Å²) in [7, 11) is 0. The maximum Gasteiger partial charge on any atom is 0.222 e. The van der Waals surface area contributed by atoms with Gasteiger partial charge in [-0.15, -0.1) is 0 Å². The van der Waals surface area contributed by atoms with Crippen molar-refractivity contribution < 1.29 is 4.79 Å². The lowest BCUT2D eigenvalue weighted by Crippen LogP contribution is -2.27. The van der Waals surface area contributed by atoms with Gasteiger partial charge in [0.05, 0.1) is 11.7 Å². The number of nitrogens with one attached hydrogen (secondary N) is 1. The maximum atomic E-state index is 12.2. The minimum absolute atomic E-state index is 0.0296. The van der Waals surface area contributed by atoms with Gasteiger partial charge in [-0.2, -0.15) is 5.10 Å². The van der Waals surface area contributed by atoms with Crippen molar-refractivity contribution in [3.8, 4) is 5.69 Å². The number of rotatable bonds is 6. The Morgan fingerprint density at radius 2 is 1.96 bits per heavy atom. The fourth-order valence-corrected chi connectivity index (χ4v) is 2.66. The van der Waals surface area contributed by atoms with Crippen LogP contribution >= 0.6 is 0 Å². The highest BCUT2D eigenvalue weighted by Gasteiger charge is 2.10. The lowest BCUT2D eigenvalue weighted by molar-refractivity contribution is -0.122. The molecule has 5 heteroatoms. The topological polar surface area (TPSA) is 51.9 Å². The highest BCUT2D eigenvalue weighted by atomic mass is 16.1. The molecule has 1 aromatic carbocycles. The summed E-state index contributed by atoms with van der Waals surface area (Å²) < 4.78 is 3.85. The molecule has 3 rings (SSSR count). The van der Waals surface area contributed by atoms with Gasteiger partial charge in [0, 0.05) is 37.2 Å². The Morgan fingerprint density at radius 3 is 2.67 bits per heavy atom. The monoisotopic (exact) mass is 322 g/mol. The first-order valence-electron chi connectivity index (χ1n) is 8.14. The van der Waals surface area contributed by atoms with E-state index < -0.39 is 0 Å². The van der Waals surface area contributed by atoms with Crippen LogP contribution in [0.5, 0.6) is 0 Å². The fourth-order valence-electron chi connectivity index (χ4n) is 2.66. The van der Waals surface area contributed by atoms with E-state index in [2.05, 4.69) is 27.1 Å². The molecule has 2 heterocycles. The third-order valence-electron chi connectivity index (χ3n) is 3.99. The van der Waals surface area contributed by atoms with Gasteiger partial charge in [-0.25, -0.2) is 0 Å². The Bertz CT molecular complexity index is 804. The predicted octanol–water partition coefficient (Wildman–Crippen LogP) is 3.25. The number of hydrogen-bond acceptors (Lipinski definition) is 2. The number of carbonyl (C=O) groups excluding carboxylic acids is 1. The summed E-state index contributed by atoms with van der Waals surface area (Å²) in [6.45, 7) is 4.54. The molecule has 0 saturated carbocycles. The molecule has 1 unspecified atom stereocenters. The van der Waals surface area contributed by atoms with E-state index in [4.69, 9.17) is 0 Å². The van der Waals surface area contributed by atoms with Crippen molar-refractivity contribution in [2.75, 3.05) is 0 Å². The van der Waals surface area contributed by atoms with Crippen molar-refractivity contribution in [2.24, 2.45) is 0 Å². The van der Waals surface area contributed by atoms with E-state index in [0.717, 1.165) is 16.9 Å². The second-order valence-corrected chi connectivity index (χ2v) is 5.94. The first-order valence-corrected chi connectivity index (χ1v) is 8.14. The Labute approximate surface area is 141 Å². The summed E-state index contributed by atoms with van der Waals surface area (Å²) in [4.78, 5) is 12.2. The molecule has 2 aromatic heterocycles. The smallest absolute Gasteiger partial charge is 0.222 e. The molecule has 0 fully saturated rings. The quantitative estimate of drug-likeness (QED) is 0.757. The number of hydrogen-bond donors (Lipinski definition) is 1. The average molecular weight is 322 g/mol. The van der Waals surface area contributed by atoms with E-state index in [9.17, 15) is 4.79 Å². The van der Waals surface area contributed by atoms with Crippen molar-refractivity contribution in [3.05, 3.63) is 72.3 Å². The number of aromatic nitrogens is 3. The summed E-state index contributed by atoms with van der Waals surface area (Å²) in [5.74, 6) is 0.0296. The van der Waals surface area contributed by atoms with Gasteiger partial charge < -0.3 is 9.88 Å². The molecular weight excluding hydrogens is 300 g/mol. The number of aryl methyl sites for hydroxylation is 2. The molecule has 0 aliphatic heterocycles. The third-order valence-corrected chi connectivity index (χ3v) is 3.99. The summed E-state index contributed by atoms with van der Waals surface area (Å²) in [6.07, 6.45) is 6.33. The van der Waals surface area contributed by atoms with Crippen LogP contribution in [0.2, 0.25) is 0 Å². The standard InChI is InChI=1S/C19H22N4O/c1-15-8-12-23(21-15)13-9-19(24)20-16(2)17-6-5-7-18(14-17)22-10-3-4-11-22/h3-8,10-12,14,16H,9,13H2,1-2H3,(H,20,24). The average Bonchev–Trinajstić information content (AvgIpc) is 3.24. The summed E-state index contributed by atoms with van der Waals surface area (Å²) in [6, 6.07) is 14.1. The lowest BCUT2D eigenvalue weighted by atomic mass is 10.1. The molecule has 0 radical (unpaired) electrons. The van der Waals surface area contributed by atoms with Crippen LogP contribution in [0.25, 0.3) is 5.69 Å². The first kappa shape index (κ1) is 16.1. The normalized spacial score (nSPS) is 12.1. The van der Waals surface area contributed by atoms with E-state index in [1.165, 1.54) is 0 Å². The van der Waals surface area contributed by atoms with Crippen LogP contribution in [-0.4, -0.2) is 20.3 Å². The zero-order chi connectivity index (χ0) is 16.9. The van der Waals surface area contributed by atoms with Crippen LogP contribution in [-0.2, 0) is 11.3 Å². The van der Waals surface area contributed by atoms with Crippen LogP contribution in [0.4, 0.5) is 0 Å².